The number of carboxylic acid groups (broad SMARTS) is 1. The van der Waals surface area contributed by atoms with Crippen LogP contribution in [0, 0.1) is 11.3 Å². The molecular formula is C10H12N2O5S. The standard InChI is InChI=1S/C10H12N2O5S/c1-2-7(5-6-11)12-18(15,16)9-4-3-8(17-9)10(13)14/h3-4,7,12H,2,5H2,1H3,(H,13,14). The lowest BCUT2D eigenvalue weighted by Crippen LogP contribution is -2.33. The molecule has 1 atom stereocenters. The van der Waals surface area contributed by atoms with Crippen molar-refractivity contribution in [2.24, 2.45) is 0 Å². The van der Waals surface area contributed by atoms with Gasteiger partial charge in [0, 0.05) is 6.04 Å². The summed E-state index contributed by atoms with van der Waals surface area (Å²) in [5.41, 5.74) is 0. The minimum atomic E-state index is -3.94. The van der Waals surface area contributed by atoms with Gasteiger partial charge in [0.05, 0.1) is 12.5 Å². The van der Waals surface area contributed by atoms with Crippen molar-refractivity contribution in [2.75, 3.05) is 0 Å². The molecule has 0 saturated heterocycles. The summed E-state index contributed by atoms with van der Waals surface area (Å²) in [6, 6.07) is 3.45. The Morgan fingerprint density at radius 3 is 2.72 bits per heavy atom. The number of aromatic carboxylic acids is 1. The highest BCUT2D eigenvalue weighted by atomic mass is 32.2. The monoisotopic (exact) mass is 272 g/mol. The van der Waals surface area contributed by atoms with Gasteiger partial charge in [-0.15, -0.1) is 0 Å². The van der Waals surface area contributed by atoms with Crippen LogP contribution in [0.2, 0.25) is 0 Å². The van der Waals surface area contributed by atoms with Gasteiger partial charge in [-0.3, -0.25) is 0 Å². The molecule has 1 aromatic rings. The van der Waals surface area contributed by atoms with Gasteiger partial charge in [-0.1, -0.05) is 6.92 Å². The van der Waals surface area contributed by atoms with Crippen LogP contribution in [-0.2, 0) is 10.0 Å². The van der Waals surface area contributed by atoms with E-state index in [2.05, 4.69) is 4.72 Å². The fraction of sp³-hybridized carbons (Fsp3) is 0.400. The topological polar surface area (TPSA) is 120 Å². The van der Waals surface area contributed by atoms with E-state index in [1.54, 1.807) is 6.92 Å². The Bertz CT molecular complexity index is 569. The normalized spacial score (nSPS) is 12.9. The third-order valence-electron chi connectivity index (χ3n) is 2.21. The molecule has 0 bridgehead atoms. The van der Waals surface area contributed by atoms with Crippen LogP contribution in [0.15, 0.2) is 21.6 Å². The van der Waals surface area contributed by atoms with Crippen LogP contribution >= 0.6 is 0 Å². The molecule has 0 aliphatic rings. The zero-order valence-electron chi connectivity index (χ0n) is 9.58. The maximum Gasteiger partial charge on any atom is 0.371 e. The molecule has 0 fully saturated rings. The number of nitrogens with one attached hydrogen (secondary N) is 1. The number of carbonyl (C=O) groups is 1. The second-order valence-corrected chi connectivity index (χ2v) is 5.16. The van der Waals surface area contributed by atoms with Crippen LogP contribution in [0.4, 0.5) is 0 Å². The van der Waals surface area contributed by atoms with E-state index in [1.165, 1.54) is 0 Å². The smallest absolute Gasteiger partial charge is 0.371 e. The van der Waals surface area contributed by atoms with Gasteiger partial charge < -0.3 is 9.52 Å². The first-order valence-corrected chi connectivity index (χ1v) is 6.61. The molecule has 0 aromatic carbocycles. The molecule has 18 heavy (non-hydrogen) atoms. The highest BCUT2D eigenvalue weighted by molar-refractivity contribution is 7.89. The largest absolute Gasteiger partial charge is 0.475 e. The lowest BCUT2D eigenvalue weighted by molar-refractivity contribution is 0.0656. The van der Waals surface area contributed by atoms with Crippen LogP contribution in [0.3, 0.4) is 0 Å². The van der Waals surface area contributed by atoms with Gasteiger partial charge in [-0.05, 0) is 18.6 Å². The Balaban J connectivity index is 2.92. The van der Waals surface area contributed by atoms with Crippen molar-refractivity contribution >= 4 is 16.0 Å². The summed E-state index contributed by atoms with van der Waals surface area (Å²) in [5, 5.41) is 16.7. The van der Waals surface area contributed by atoms with Crippen molar-refractivity contribution in [2.45, 2.75) is 30.9 Å². The second kappa shape index (κ2) is 5.66. The first kappa shape index (κ1) is 14.2. The van der Waals surface area contributed by atoms with E-state index >= 15 is 0 Å². The van der Waals surface area contributed by atoms with E-state index in [-0.39, 0.29) is 6.42 Å². The molecule has 0 amide bonds. The Hall–Kier alpha value is -1.85. The summed E-state index contributed by atoms with van der Waals surface area (Å²) >= 11 is 0. The minimum Gasteiger partial charge on any atom is -0.475 e. The lowest BCUT2D eigenvalue weighted by Gasteiger charge is -2.11. The predicted octanol–water partition coefficient (Wildman–Crippen LogP) is 0.948. The van der Waals surface area contributed by atoms with Crippen molar-refractivity contribution in [3.8, 4) is 6.07 Å². The fourth-order valence-electron chi connectivity index (χ4n) is 1.24. The second-order valence-electron chi connectivity index (χ2n) is 3.51. The maximum absolute atomic E-state index is 11.8. The van der Waals surface area contributed by atoms with Crippen LogP contribution < -0.4 is 4.72 Å². The Morgan fingerprint density at radius 2 is 2.28 bits per heavy atom. The minimum absolute atomic E-state index is 0.0300. The number of carboxylic acids is 1. The number of rotatable bonds is 6. The summed E-state index contributed by atoms with van der Waals surface area (Å²) in [7, 11) is -3.94. The van der Waals surface area contributed by atoms with Gasteiger partial charge in [0.25, 0.3) is 10.0 Å². The fourth-order valence-corrected chi connectivity index (χ4v) is 2.49. The first-order chi connectivity index (χ1) is 8.40. The van der Waals surface area contributed by atoms with Gasteiger partial charge >= 0.3 is 5.97 Å². The van der Waals surface area contributed by atoms with E-state index < -0.39 is 32.9 Å². The summed E-state index contributed by atoms with van der Waals surface area (Å²) in [6.07, 6.45) is 0.474. The van der Waals surface area contributed by atoms with Crippen molar-refractivity contribution in [3.05, 3.63) is 17.9 Å². The molecule has 0 aliphatic carbocycles. The van der Waals surface area contributed by atoms with Gasteiger partial charge in [0.1, 0.15) is 0 Å². The molecule has 98 valence electrons. The van der Waals surface area contributed by atoms with E-state index in [0.717, 1.165) is 12.1 Å². The van der Waals surface area contributed by atoms with Gasteiger partial charge in [0.15, 0.2) is 0 Å². The molecule has 1 unspecified atom stereocenters. The van der Waals surface area contributed by atoms with Gasteiger partial charge in [-0.25, -0.2) is 17.9 Å². The Labute approximate surface area is 104 Å². The van der Waals surface area contributed by atoms with Gasteiger partial charge in [-0.2, -0.15) is 5.26 Å². The van der Waals surface area contributed by atoms with Crippen molar-refractivity contribution < 1.29 is 22.7 Å². The molecule has 7 nitrogen and oxygen atoms in total. The Morgan fingerprint density at radius 1 is 1.61 bits per heavy atom. The summed E-state index contributed by atoms with van der Waals surface area (Å²) in [4.78, 5) is 10.6. The number of furan rings is 1. The number of nitriles is 1. The third kappa shape index (κ3) is 3.32. The van der Waals surface area contributed by atoms with Crippen molar-refractivity contribution in [1.29, 1.82) is 5.26 Å². The lowest BCUT2D eigenvalue weighted by atomic mass is 10.2. The zero-order chi connectivity index (χ0) is 13.8. The van der Waals surface area contributed by atoms with Gasteiger partial charge in [0.2, 0.25) is 10.9 Å². The maximum atomic E-state index is 11.8. The third-order valence-corrected chi connectivity index (χ3v) is 3.60. The first-order valence-electron chi connectivity index (χ1n) is 5.13. The van der Waals surface area contributed by atoms with Crippen LogP contribution in [0.1, 0.15) is 30.3 Å². The Kier molecular flexibility index (Phi) is 4.47. The molecule has 1 rings (SSSR count). The summed E-state index contributed by atoms with van der Waals surface area (Å²) < 4.78 is 30.6. The molecule has 2 N–H and O–H groups in total. The molecule has 0 spiro atoms. The van der Waals surface area contributed by atoms with Crippen LogP contribution in [0.5, 0.6) is 0 Å². The quantitative estimate of drug-likeness (QED) is 0.795. The summed E-state index contributed by atoms with van der Waals surface area (Å²) in [5.74, 6) is -1.80. The number of hydrogen-bond acceptors (Lipinski definition) is 5. The van der Waals surface area contributed by atoms with Crippen LogP contribution in [-0.4, -0.2) is 25.5 Å². The zero-order valence-corrected chi connectivity index (χ0v) is 10.4. The van der Waals surface area contributed by atoms with Crippen molar-refractivity contribution in [3.63, 3.8) is 0 Å². The highest BCUT2D eigenvalue weighted by Gasteiger charge is 2.23. The molecule has 0 radical (unpaired) electrons. The average molecular weight is 272 g/mol. The molecule has 1 heterocycles. The predicted molar refractivity (Wildman–Crippen MR) is 60.3 cm³/mol. The van der Waals surface area contributed by atoms with E-state index in [1.807, 2.05) is 6.07 Å². The van der Waals surface area contributed by atoms with E-state index in [9.17, 15) is 13.2 Å². The van der Waals surface area contributed by atoms with Crippen LogP contribution in [0.25, 0.3) is 0 Å². The van der Waals surface area contributed by atoms with E-state index in [4.69, 9.17) is 14.8 Å². The van der Waals surface area contributed by atoms with E-state index in [0.29, 0.717) is 6.42 Å². The molecule has 0 aliphatic heterocycles. The van der Waals surface area contributed by atoms with Crippen molar-refractivity contribution in [1.82, 2.24) is 4.72 Å². The molecule has 8 heteroatoms. The SMILES string of the molecule is CCC(CC#N)NS(=O)(=O)c1ccc(C(=O)O)o1. The molecule has 0 saturated carbocycles. The average Bonchev–Trinajstić information content (AvgIpc) is 2.78. The highest BCUT2D eigenvalue weighted by Crippen LogP contribution is 2.15. The number of sulfonamides is 1. The number of nitrogens with zero attached hydrogens (tertiary/aromatic N) is 1. The molecular weight excluding hydrogens is 260 g/mol. The summed E-state index contributed by atoms with van der Waals surface area (Å²) in [6.45, 7) is 1.73. The number of hydrogen-bond donors (Lipinski definition) is 2. The molecule has 1 aromatic heterocycles.